The van der Waals surface area contributed by atoms with Gasteiger partial charge in [0.25, 0.3) is 0 Å². The van der Waals surface area contributed by atoms with E-state index in [1.54, 1.807) is 0 Å². The molecule has 0 saturated carbocycles. The summed E-state index contributed by atoms with van der Waals surface area (Å²) in [5.74, 6) is 0. The molecule has 1 aliphatic rings. The van der Waals surface area contributed by atoms with Gasteiger partial charge in [0.05, 0.1) is 13.2 Å². The van der Waals surface area contributed by atoms with Crippen LogP contribution in [-0.4, -0.2) is 37.3 Å². The predicted molar refractivity (Wildman–Crippen MR) is 83.2 cm³/mol. The minimum Gasteiger partial charge on any atom is -0.453 e. The van der Waals surface area contributed by atoms with Crippen LogP contribution in [0.5, 0.6) is 0 Å². The minimum atomic E-state index is -0.393. The normalized spacial score (nSPS) is 17.9. The minimum absolute atomic E-state index is 0.0861. The number of thiocarbonyl (C=S) groups is 1. The largest absolute Gasteiger partial charge is 0.453 e. The molecule has 3 N–H and O–H groups in total. The number of carbonyl (C=O) groups is 1. The van der Waals surface area contributed by atoms with Gasteiger partial charge >= 0.3 is 6.09 Å². The van der Waals surface area contributed by atoms with Gasteiger partial charge in [0.15, 0.2) is 0 Å². The zero-order valence-corrected chi connectivity index (χ0v) is 12.5. The quantitative estimate of drug-likeness (QED) is 0.828. The van der Waals surface area contributed by atoms with E-state index < -0.39 is 6.09 Å². The lowest BCUT2D eigenvalue weighted by Crippen LogP contribution is -2.37. The van der Waals surface area contributed by atoms with Crippen LogP contribution in [-0.2, 0) is 4.74 Å². The second-order valence-electron chi connectivity index (χ2n) is 4.95. The first kappa shape index (κ1) is 14.6. The molecule has 1 aliphatic heterocycles. The molecule has 0 spiro atoms. The fraction of sp³-hybridized carbons (Fsp3) is 0.429. The van der Waals surface area contributed by atoms with Crippen molar-refractivity contribution in [2.75, 3.05) is 25.1 Å². The van der Waals surface area contributed by atoms with Gasteiger partial charge in [0.1, 0.15) is 4.99 Å². The Morgan fingerprint density at radius 1 is 1.55 bits per heavy atom. The average Bonchev–Trinajstić information content (AvgIpc) is 2.86. The van der Waals surface area contributed by atoms with Crippen molar-refractivity contribution in [2.24, 2.45) is 5.73 Å². The molecule has 0 aromatic heterocycles. The molecule has 20 heavy (non-hydrogen) atoms. The number of rotatable bonds is 3. The molecule has 1 saturated heterocycles. The van der Waals surface area contributed by atoms with Crippen molar-refractivity contribution in [3.05, 3.63) is 29.3 Å². The van der Waals surface area contributed by atoms with Crippen molar-refractivity contribution in [3.8, 4) is 0 Å². The number of alkyl carbamates (subject to hydrolysis) is 1. The molecular weight excluding hydrogens is 274 g/mol. The number of carbonyl (C=O) groups excluding carboxylic acids is 1. The molecule has 0 radical (unpaired) electrons. The molecule has 0 aliphatic carbocycles. The van der Waals surface area contributed by atoms with E-state index in [0.29, 0.717) is 4.99 Å². The van der Waals surface area contributed by atoms with Crippen molar-refractivity contribution in [1.29, 1.82) is 0 Å². The van der Waals surface area contributed by atoms with Crippen LogP contribution in [0.3, 0.4) is 0 Å². The summed E-state index contributed by atoms with van der Waals surface area (Å²) in [4.78, 5) is 13.8. The van der Waals surface area contributed by atoms with Crippen LogP contribution in [0.25, 0.3) is 0 Å². The second-order valence-corrected chi connectivity index (χ2v) is 5.39. The highest BCUT2D eigenvalue weighted by atomic mass is 32.1. The number of benzene rings is 1. The summed E-state index contributed by atoms with van der Waals surface area (Å²) in [6, 6.07) is 6.16. The summed E-state index contributed by atoms with van der Waals surface area (Å²) in [7, 11) is 1.37. The van der Waals surface area contributed by atoms with Gasteiger partial charge in [-0.05, 0) is 25.5 Å². The van der Waals surface area contributed by atoms with Crippen LogP contribution in [0.1, 0.15) is 17.5 Å². The van der Waals surface area contributed by atoms with Crippen molar-refractivity contribution >= 4 is 29.0 Å². The second kappa shape index (κ2) is 6.09. The van der Waals surface area contributed by atoms with Gasteiger partial charge in [-0.1, -0.05) is 23.8 Å². The van der Waals surface area contributed by atoms with Crippen molar-refractivity contribution in [2.45, 2.75) is 19.4 Å². The number of nitrogens with two attached hydrogens (primary N) is 1. The van der Waals surface area contributed by atoms with Gasteiger partial charge in [0, 0.05) is 24.3 Å². The molecule has 5 nitrogen and oxygen atoms in total. The Bertz CT molecular complexity index is 533. The Morgan fingerprint density at radius 3 is 2.95 bits per heavy atom. The van der Waals surface area contributed by atoms with Gasteiger partial charge in [-0.15, -0.1) is 0 Å². The Balaban J connectivity index is 2.14. The van der Waals surface area contributed by atoms with E-state index in [9.17, 15) is 4.79 Å². The number of ether oxygens (including phenoxy) is 1. The Morgan fingerprint density at radius 2 is 2.30 bits per heavy atom. The van der Waals surface area contributed by atoms with Gasteiger partial charge in [-0.25, -0.2) is 4.79 Å². The maximum Gasteiger partial charge on any atom is 0.407 e. The topological polar surface area (TPSA) is 67.6 Å². The lowest BCUT2D eigenvalue weighted by Gasteiger charge is -2.22. The third kappa shape index (κ3) is 3.19. The fourth-order valence-electron chi connectivity index (χ4n) is 2.45. The number of hydrogen-bond acceptors (Lipinski definition) is 4. The average molecular weight is 293 g/mol. The molecular formula is C14H19N3O2S. The maximum absolute atomic E-state index is 11.2. The summed E-state index contributed by atoms with van der Waals surface area (Å²) >= 11 is 5.12. The monoisotopic (exact) mass is 293 g/mol. The van der Waals surface area contributed by atoms with Crippen molar-refractivity contribution in [3.63, 3.8) is 0 Å². The predicted octanol–water partition coefficient (Wildman–Crippen LogP) is 1.56. The van der Waals surface area contributed by atoms with Crippen molar-refractivity contribution in [1.82, 2.24) is 5.32 Å². The molecule has 0 bridgehead atoms. The number of aryl methyl sites for hydroxylation is 1. The van der Waals surface area contributed by atoms with E-state index in [4.69, 9.17) is 18.0 Å². The Kier molecular flexibility index (Phi) is 4.44. The number of nitrogens with zero attached hydrogens (tertiary/aromatic N) is 1. The molecule has 1 aromatic rings. The van der Waals surface area contributed by atoms with Crippen LogP contribution in [0, 0.1) is 6.92 Å². The molecule has 2 rings (SSSR count). The fourth-order valence-corrected chi connectivity index (χ4v) is 2.61. The summed E-state index contributed by atoms with van der Waals surface area (Å²) in [6.45, 7) is 3.60. The Labute approximate surface area is 124 Å². The van der Waals surface area contributed by atoms with E-state index in [2.05, 4.69) is 15.0 Å². The summed E-state index contributed by atoms with van der Waals surface area (Å²) in [5.41, 5.74) is 8.84. The molecule has 1 atom stereocenters. The van der Waals surface area contributed by atoms with Gasteiger partial charge < -0.3 is 20.7 Å². The smallest absolute Gasteiger partial charge is 0.407 e. The molecule has 1 aromatic carbocycles. The van der Waals surface area contributed by atoms with Crippen LogP contribution in [0.4, 0.5) is 10.5 Å². The summed E-state index contributed by atoms with van der Waals surface area (Å²) in [5, 5.41) is 2.82. The standard InChI is InChI=1S/C14H19N3O2S/c1-9-3-4-12(11(7-9)13(15)20)17-6-5-10(8-17)16-14(18)19-2/h3-4,7,10H,5-6,8H2,1-2H3,(H2,15,20)(H,16,18). The molecule has 1 amide bonds. The molecule has 1 heterocycles. The number of nitrogens with one attached hydrogen (secondary N) is 1. The summed E-state index contributed by atoms with van der Waals surface area (Å²) < 4.78 is 4.62. The molecule has 1 fully saturated rings. The first-order valence-electron chi connectivity index (χ1n) is 6.51. The van der Waals surface area contributed by atoms with E-state index in [0.717, 1.165) is 36.3 Å². The van der Waals surface area contributed by atoms with Crippen LogP contribution in [0.2, 0.25) is 0 Å². The van der Waals surface area contributed by atoms with E-state index >= 15 is 0 Å². The van der Waals surface area contributed by atoms with Crippen LogP contribution < -0.4 is 16.0 Å². The maximum atomic E-state index is 11.2. The van der Waals surface area contributed by atoms with Gasteiger partial charge in [-0.2, -0.15) is 0 Å². The summed E-state index contributed by atoms with van der Waals surface area (Å²) in [6.07, 6.45) is 0.482. The molecule has 108 valence electrons. The van der Waals surface area contributed by atoms with Gasteiger partial charge in [0.2, 0.25) is 0 Å². The first-order valence-corrected chi connectivity index (χ1v) is 6.92. The first-order chi connectivity index (χ1) is 9.51. The Hall–Kier alpha value is -1.82. The zero-order chi connectivity index (χ0) is 14.7. The van der Waals surface area contributed by atoms with E-state index in [1.807, 2.05) is 25.1 Å². The zero-order valence-electron chi connectivity index (χ0n) is 11.7. The number of hydrogen-bond donors (Lipinski definition) is 2. The lowest BCUT2D eigenvalue weighted by molar-refractivity contribution is 0.167. The van der Waals surface area contributed by atoms with Crippen LogP contribution in [0.15, 0.2) is 18.2 Å². The number of anilines is 1. The highest BCUT2D eigenvalue weighted by Crippen LogP contribution is 2.25. The molecule has 1 unspecified atom stereocenters. The molecule has 6 heteroatoms. The highest BCUT2D eigenvalue weighted by molar-refractivity contribution is 7.80. The highest BCUT2D eigenvalue weighted by Gasteiger charge is 2.26. The number of amides is 1. The number of methoxy groups -OCH3 is 1. The van der Waals surface area contributed by atoms with E-state index in [1.165, 1.54) is 7.11 Å². The van der Waals surface area contributed by atoms with E-state index in [-0.39, 0.29) is 6.04 Å². The van der Waals surface area contributed by atoms with Crippen LogP contribution >= 0.6 is 12.2 Å². The third-order valence-electron chi connectivity index (χ3n) is 3.45. The third-order valence-corrected chi connectivity index (χ3v) is 3.67. The SMILES string of the molecule is COC(=O)NC1CCN(c2ccc(C)cc2C(N)=S)C1. The van der Waals surface area contributed by atoms with Crippen molar-refractivity contribution < 1.29 is 9.53 Å². The van der Waals surface area contributed by atoms with Gasteiger partial charge in [-0.3, -0.25) is 0 Å². The lowest BCUT2D eigenvalue weighted by atomic mass is 10.1.